The minimum absolute atomic E-state index is 0.129. The Labute approximate surface area is 106 Å². The van der Waals surface area contributed by atoms with Crippen molar-refractivity contribution in [2.45, 2.75) is 19.3 Å². The maximum atomic E-state index is 11.5. The predicted molar refractivity (Wildman–Crippen MR) is 68.7 cm³/mol. The van der Waals surface area contributed by atoms with Crippen molar-refractivity contribution in [2.75, 3.05) is 6.54 Å². The van der Waals surface area contributed by atoms with Gasteiger partial charge in [0.1, 0.15) is 0 Å². The summed E-state index contributed by atoms with van der Waals surface area (Å²) in [5.41, 5.74) is 0.798. The highest BCUT2D eigenvalue weighted by Gasteiger charge is 2.24. The minimum Gasteiger partial charge on any atom is -0.345 e. The van der Waals surface area contributed by atoms with Crippen LogP contribution in [0.2, 0.25) is 5.02 Å². The van der Waals surface area contributed by atoms with Gasteiger partial charge < -0.3 is 5.32 Å². The average Bonchev–Trinajstić information content (AvgIpc) is 2.24. The van der Waals surface area contributed by atoms with Crippen molar-refractivity contribution >= 4 is 17.5 Å². The molecule has 0 radical (unpaired) electrons. The van der Waals surface area contributed by atoms with Gasteiger partial charge in [-0.2, -0.15) is 0 Å². The highest BCUT2D eigenvalue weighted by Crippen LogP contribution is 2.25. The van der Waals surface area contributed by atoms with Crippen LogP contribution in [0.1, 0.15) is 24.8 Å². The number of hydrogen-bond donors (Lipinski definition) is 1. The molecule has 2 nitrogen and oxygen atoms in total. The van der Waals surface area contributed by atoms with Gasteiger partial charge in [-0.25, -0.2) is 0 Å². The summed E-state index contributed by atoms with van der Waals surface area (Å²) in [6, 6.07) is 7.43. The van der Waals surface area contributed by atoms with E-state index in [1.807, 2.05) is 18.2 Å². The van der Waals surface area contributed by atoms with Gasteiger partial charge in [0.15, 0.2) is 0 Å². The topological polar surface area (TPSA) is 29.1 Å². The minimum atomic E-state index is 0.129. The van der Waals surface area contributed by atoms with Gasteiger partial charge in [0, 0.05) is 11.5 Å². The molecule has 1 saturated carbocycles. The van der Waals surface area contributed by atoms with Crippen LogP contribution in [0.4, 0.5) is 0 Å². The standard InChI is InChI=1S/C14H14ClNO/c15-13-9-2-1-5-11(13)8-4-10-16-14(17)12-6-3-7-12/h1-2,5,9,12H,3,6-7,10H2,(H,16,17). The van der Waals surface area contributed by atoms with Gasteiger partial charge in [-0.1, -0.05) is 42.0 Å². The quantitative estimate of drug-likeness (QED) is 0.800. The Morgan fingerprint density at radius 3 is 2.82 bits per heavy atom. The van der Waals surface area contributed by atoms with E-state index in [0.29, 0.717) is 11.6 Å². The summed E-state index contributed by atoms with van der Waals surface area (Å²) in [5.74, 6) is 6.21. The molecule has 1 fully saturated rings. The summed E-state index contributed by atoms with van der Waals surface area (Å²) < 4.78 is 0. The summed E-state index contributed by atoms with van der Waals surface area (Å²) in [5, 5.41) is 3.46. The first-order valence-electron chi connectivity index (χ1n) is 5.78. The largest absolute Gasteiger partial charge is 0.345 e. The Morgan fingerprint density at radius 1 is 1.41 bits per heavy atom. The Balaban J connectivity index is 1.82. The molecule has 3 heteroatoms. The molecule has 1 aliphatic rings. The number of hydrogen-bond acceptors (Lipinski definition) is 1. The molecule has 0 bridgehead atoms. The van der Waals surface area contributed by atoms with Crippen LogP contribution in [0.15, 0.2) is 24.3 Å². The first-order valence-corrected chi connectivity index (χ1v) is 6.16. The Bertz CT molecular complexity index is 469. The summed E-state index contributed by atoms with van der Waals surface area (Å²) >= 11 is 5.96. The highest BCUT2D eigenvalue weighted by atomic mass is 35.5. The third-order valence-corrected chi connectivity index (χ3v) is 3.25. The number of carbonyl (C=O) groups excluding carboxylic acids is 1. The van der Waals surface area contributed by atoms with Crippen LogP contribution in [0, 0.1) is 17.8 Å². The predicted octanol–water partition coefficient (Wildman–Crippen LogP) is 2.61. The maximum absolute atomic E-state index is 11.5. The van der Waals surface area contributed by atoms with Crippen LogP contribution in [-0.2, 0) is 4.79 Å². The molecular formula is C14H14ClNO. The fourth-order valence-corrected chi connectivity index (χ4v) is 1.83. The van der Waals surface area contributed by atoms with E-state index < -0.39 is 0 Å². The number of benzene rings is 1. The SMILES string of the molecule is O=C(NCC#Cc1ccccc1Cl)C1CCC1. The number of carbonyl (C=O) groups is 1. The van der Waals surface area contributed by atoms with Gasteiger partial charge >= 0.3 is 0 Å². The summed E-state index contributed by atoms with van der Waals surface area (Å²) in [7, 11) is 0. The molecule has 0 aromatic heterocycles. The van der Waals surface area contributed by atoms with E-state index in [2.05, 4.69) is 17.2 Å². The van der Waals surface area contributed by atoms with Crippen molar-refractivity contribution in [3.05, 3.63) is 34.9 Å². The molecule has 0 saturated heterocycles. The van der Waals surface area contributed by atoms with Gasteiger partial charge in [-0.3, -0.25) is 4.79 Å². The molecule has 2 rings (SSSR count). The van der Waals surface area contributed by atoms with Crippen molar-refractivity contribution in [1.82, 2.24) is 5.32 Å². The zero-order valence-electron chi connectivity index (χ0n) is 9.50. The van der Waals surface area contributed by atoms with Crippen molar-refractivity contribution < 1.29 is 4.79 Å². The lowest BCUT2D eigenvalue weighted by Crippen LogP contribution is -2.34. The third-order valence-electron chi connectivity index (χ3n) is 2.92. The van der Waals surface area contributed by atoms with E-state index in [4.69, 9.17) is 11.6 Å². The van der Waals surface area contributed by atoms with E-state index in [1.54, 1.807) is 6.07 Å². The Kier molecular flexibility index (Phi) is 4.06. The number of rotatable bonds is 2. The lowest BCUT2D eigenvalue weighted by Gasteiger charge is -2.23. The van der Waals surface area contributed by atoms with Gasteiger partial charge in [-0.05, 0) is 25.0 Å². The fraction of sp³-hybridized carbons (Fsp3) is 0.357. The molecule has 0 unspecified atom stereocenters. The first-order chi connectivity index (χ1) is 8.27. The summed E-state index contributed by atoms with van der Waals surface area (Å²) in [6.45, 7) is 0.389. The lowest BCUT2D eigenvalue weighted by molar-refractivity contribution is -0.127. The van der Waals surface area contributed by atoms with Crippen molar-refractivity contribution in [2.24, 2.45) is 5.92 Å². The van der Waals surface area contributed by atoms with E-state index in [1.165, 1.54) is 6.42 Å². The molecule has 17 heavy (non-hydrogen) atoms. The van der Waals surface area contributed by atoms with E-state index in [-0.39, 0.29) is 11.8 Å². The molecule has 0 heterocycles. The van der Waals surface area contributed by atoms with Gasteiger partial charge in [0.25, 0.3) is 0 Å². The van der Waals surface area contributed by atoms with Crippen LogP contribution in [0.5, 0.6) is 0 Å². The van der Waals surface area contributed by atoms with Crippen molar-refractivity contribution in [3.63, 3.8) is 0 Å². The molecule has 1 N–H and O–H groups in total. The average molecular weight is 248 g/mol. The molecule has 0 aliphatic heterocycles. The fourth-order valence-electron chi connectivity index (χ4n) is 1.65. The van der Waals surface area contributed by atoms with Crippen LogP contribution in [0.3, 0.4) is 0 Å². The molecule has 0 spiro atoms. The molecule has 1 amide bonds. The van der Waals surface area contributed by atoms with Crippen LogP contribution in [0.25, 0.3) is 0 Å². The molecule has 88 valence electrons. The van der Waals surface area contributed by atoms with Gasteiger partial charge in [0.05, 0.1) is 11.6 Å². The second-order valence-electron chi connectivity index (χ2n) is 4.13. The third kappa shape index (κ3) is 3.25. The molecule has 0 atom stereocenters. The van der Waals surface area contributed by atoms with Gasteiger partial charge in [0.2, 0.25) is 5.91 Å². The zero-order valence-corrected chi connectivity index (χ0v) is 10.3. The van der Waals surface area contributed by atoms with Crippen LogP contribution in [-0.4, -0.2) is 12.5 Å². The monoisotopic (exact) mass is 247 g/mol. The van der Waals surface area contributed by atoms with E-state index in [0.717, 1.165) is 18.4 Å². The summed E-state index contributed by atoms with van der Waals surface area (Å²) in [4.78, 5) is 11.5. The Morgan fingerprint density at radius 2 is 2.18 bits per heavy atom. The molecule has 1 aromatic carbocycles. The van der Waals surface area contributed by atoms with Crippen LogP contribution >= 0.6 is 11.6 Å². The second kappa shape index (κ2) is 5.75. The highest BCUT2D eigenvalue weighted by molar-refractivity contribution is 6.31. The molecule has 1 aromatic rings. The smallest absolute Gasteiger partial charge is 0.223 e. The van der Waals surface area contributed by atoms with Crippen molar-refractivity contribution in [3.8, 4) is 11.8 Å². The molecular weight excluding hydrogens is 234 g/mol. The Hall–Kier alpha value is -1.46. The lowest BCUT2D eigenvalue weighted by atomic mass is 9.85. The normalized spacial score (nSPS) is 14.4. The zero-order chi connectivity index (χ0) is 12.1. The summed E-state index contributed by atoms with van der Waals surface area (Å²) in [6.07, 6.45) is 3.21. The van der Waals surface area contributed by atoms with Crippen molar-refractivity contribution in [1.29, 1.82) is 0 Å². The number of nitrogens with one attached hydrogen (secondary N) is 1. The second-order valence-corrected chi connectivity index (χ2v) is 4.53. The van der Waals surface area contributed by atoms with E-state index >= 15 is 0 Å². The maximum Gasteiger partial charge on any atom is 0.223 e. The van der Waals surface area contributed by atoms with Gasteiger partial charge in [-0.15, -0.1) is 0 Å². The first kappa shape index (κ1) is 12.0. The number of halogens is 1. The number of amides is 1. The van der Waals surface area contributed by atoms with E-state index in [9.17, 15) is 4.79 Å². The molecule has 1 aliphatic carbocycles. The van der Waals surface area contributed by atoms with Crippen LogP contribution < -0.4 is 5.32 Å².